The smallest absolute Gasteiger partial charge is 0.319 e. The zero-order valence-corrected chi connectivity index (χ0v) is 19.8. The van der Waals surface area contributed by atoms with Gasteiger partial charge in [-0.15, -0.1) is 10.2 Å². The molecular formula is C26H27N5OS. The number of hydrogen-bond acceptors (Lipinski definition) is 4. The van der Waals surface area contributed by atoms with Crippen molar-refractivity contribution in [1.29, 1.82) is 0 Å². The van der Waals surface area contributed by atoms with Crippen LogP contribution in [-0.2, 0) is 12.3 Å². The predicted molar refractivity (Wildman–Crippen MR) is 134 cm³/mol. The van der Waals surface area contributed by atoms with Crippen molar-refractivity contribution >= 4 is 23.5 Å². The number of amides is 2. The number of hydrogen-bond donors (Lipinski definition) is 2. The van der Waals surface area contributed by atoms with Crippen molar-refractivity contribution in [2.75, 3.05) is 5.32 Å². The number of aryl methyl sites for hydroxylation is 3. The Hall–Kier alpha value is -3.58. The van der Waals surface area contributed by atoms with E-state index in [0.29, 0.717) is 5.82 Å². The average Bonchev–Trinajstić information content (AvgIpc) is 3.22. The Morgan fingerprint density at radius 1 is 0.879 bits per heavy atom. The van der Waals surface area contributed by atoms with Crippen LogP contribution in [0.15, 0.2) is 78.0 Å². The third-order valence-corrected chi connectivity index (χ3v) is 6.30. The minimum Gasteiger partial charge on any atom is -0.331 e. The Labute approximate surface area is 198 Å². The van der Waals surface area contributed by atoms with Gasteiger partial charge in [0.05, 0.1) is 6.54 Å². The van der Waals surface area contributed by atoms with Gasteiger partial charge in [0.15, 0.2) is 11.0 Å². The summed E-state index contributed by atoms with van der Waals surface area (Å²) in [7, 11) is 0. The summed E-state index contributed by atoms with van der Waals surface area (Å²) in [6.07, 6.45) is 0. The van der Waals surface area contributed by atoms with Gasteiger partial charge in [-0.05, 0) is 56.2 Å². The maximum absolute atomic E-state index is 12.4. The minimum atomic E-state index is -0.286. The van der Waals surface area contributed by atoms with E-state index in [0.717, 1.165) is 27.8 Å². The van der Waals surface area contributed by atoms with E-state index in [1.807, 2.05) is 54.0 Å². The van der Waals surface area contributed by atoms with Gasteiger partial charge in [0, 0.05) is 17.1 Å². The van der Waals surface area contributed by atoms with E-state index in [2.05, 4.69) is 65.0 Å². The summed E-state index contributed by atoms with van der Waals surface area (Å²) in [5.41, 5.74) is 6.54. The molecule has 0 fully saturated rings. The van der Waals surface area contributed by atoms with E-state index in [1.54, 1.807) is 11.8 Å². The van der Waals surface area contributed by atoms with Crippen LogP contribution >= 0.6 is 11.8 Å². The third kappa shape index (κ3) is 5.81. The van der Waals surface area contributed by atoms with Gasteiger partial charge >= 0.3 is 6.03 Å². The second-order valence-corrected chi connectivity index (χ2v) is 8.90. The highest BCUT2D eigenvalue weighted by molar-refractivity contribution is 7.98. The van der Waals surface area contributed by atoms with E-state index in [1.165, 1.54) is 16.7 Å². The maximum Gasteiger partial charge on any atom is 0.319 e. The topological polar surface area (TPSA) is 71.8 Å². The minimum absolute atomic E-state index is 0.253. The van der Waals surface area contributed by atoms with Gasteiger partial charge in [0.1, 0.15) is 0 Å². The number of thioether (sulfide) groups is 1. The number of urea groups is 1. The van der Waals surface area contributed by atoms with Crippen molar-refractivity contribution in [3.05, 3.63) is 101 Å². The first-order chi connectivity index (χ1) is 16.0. The van der Waals surface area contributed by atoms with Crippen molar-refractivity contribution < 1.29 is 4.79 Å². The molecule has 2 amide bonds. The van der Waals surface area contributed by atoms with Crippen molar-refractivity contribution in [2.24, 2.45) is 0 Å². The summed E-state index contributed by atoms with van der Waals surface area (Å²) in [5.74, 6) is 1.46. The van der Waals surface area contributed by atoms with E-state index in [4.69, 9.17) is 0 Å². The summed E-state index contributed by atoms with van der Waals surface area (Å²) in [6, 6.07) is 24.0. The van der Waals surface area contributed by atoms with Gasteiger partial charge < -0.3 is 10.6 Å². The second kappa shape index (κ2) is 10.4. The molecule has 2 N–H and O–H groups in total. The van der Waals surface area contributed by atoms with Gasteiger partial charge in [-0.2, -0.15) is 0 Å². The summed E-state index contributed by atoms with van der Waals surface area (Å²) in [4.78, 5) is 12.4. The summed E-state index contributed by atoms with van der Waals surface area (Å²) >= 11 is 1.63. The van der Waals surface area contributed by atoms with Crippen LogP contribution < -0.4 is 10.6 Å². The molecule has 1 heterocycles. The Morgan fingerprint density at radius 3 is 2.24 bits per heavy atom. The molecule has 7 heteroatoms. The van der Waals surface area contributed by atoms with Gasteiger partial charge in [0.25, 0.3) is 0 Å². The van der Waals surface area contributed by atoms with E-state index in [9.17, 15) is 4.79 Å². The molecule has 3 aromatic carbocycles. The first-order valence-corrected chi connectivity index (χ1v) is 11.8. The number of benzene rings is 3. The van der Waals surface area contributed by atoms with E-state index in [-0.39, 0.29) is 12.6 Å². The first-order valence-electron chi connectivity index (χ1n) is 10.8. The maximum atomic E-state index is 12.4. The first kappa shape index (κ1) is 22.6. The van der Waals surface area contributed by atoms with Crippen molar-refractivity contribution in [3.63, 3.8) is 0 Å². The molecule has 168 valence electrons. The molecule has 33 heavy (non-hydrogen) atoms. The van der Waals surface area contributed by atoms with Crippen LogP contribution in [0.3, 0.4) is 0 Å². The van der Waals surface area contributed by atoms with E-state index >= 15 is 0 Å². The van der Waals surface area contributed by atoms with Gasteiger partial charge in [-0.25, -0.2) is 4.79 Å². The number of rotatable bonds is 7. The molecule has 0 saturated heterocycles. The quantitative estimate of drug-likeness (QED) is 0.344. The van der Waals surface area contributed by atoms with E-state index < -0.39 is 0 Å². The van der Waals surface area contributed by atoms with Crippen LogP contribution in [0.25, 0.3) is 5.69 Å². The van der Waals surface area contributed by atoms with Crippen LogP contribution in [-0.4, -0.2) is 20.8 Å². The normalized spacial score (nSPS) is 10.8. The zero-order valence-electron chi connectivity index (χ0n) is 19.0. The predicted octanol–water partition coefficient (Wildman–Crippen LogP) is 5.81. The monoisotopic (exact) mass is 457 g/mol. The fourth-order valence-electron chi connectivity index (χ4n) is 3.35. The number of nitrogens with one attached hydrogen (secondary N) is 2. The molecule has 0 spiro atoms. The summed E-state index contributed by atoms with van der Waals surface area (Å²) in [5, 5.41) is 15.4. The fraction of sp³-hybridized carbons (Fsp3) is 0.192. The van der Waals surface area contributed by atoms with Crippen molar-refractivity contribution in [2.45, 2.75) is 38.2 Å². The molecule has 0 saturated carbocycles. The largest absolute Gasteiger partial charge is 0.331 e. The Bertz CT molecular complexity index is 1230. The highest BCUT2D eigenvalue weighted by Crippen LogP contribution is 2.26. The van der Waals surface area contributed by atoms with Gasteiger partial charge in [-0.3, -0.25) is 4.57 Å². The lowest BCUT2D eigenvalue weighted by atomic mass is 10.1. The third-order valence-electron chi connectivity index (χ3n) is 5.33. The number of carbonyl (C=O) groups excluding carboxylic acids is 1. The molecule has 0 aliphatic rings. The van der Waals surface area contributed by atoms with Crippen LogP contribution in [0.4, 0.5) is 10.5 Å². The van der Waals surface area contributed by atoms with Gasteiger partial charge in [-0.1, -0.05) is 71.4 Å². The van der Waals surface area contributed by atoms with Gasteiger partial charge in [0.2, 0.25) is 0 Å². The lowest BCUT2D eigenvalue weighted by Crippen LogP contribution is -2.29. The second-order valence-electron chi connectivity index (χ2n) is 7.96. The number of carbonyl (C=O) groups is 1. The average molecular weight is 458 g/mol. The standard InChI is InChI=1S/C26H27N5OS/c1-18-8-12-22(13-9-18)28-25(32)27-16-24-29-30-26(31(24)23-14-10-19(2)11-15-23)33-17-21-7-5-4-6-20(21)3/h4-15H,16-17H2,1-3H3,(H2,27,28,32). The molecule has 0 bridgehead atoms. The Morgan fingerprint density at radius 2 is 1.55 bits per heavy atom. The number of anilines is 1. The number of nitrogens with zero attached hydrogens (tertiary/aromatic N) is 3. The Balaban J connectivity index is 1.51. The number of aromatic nitrogens is 3. The van der Waals surface area contributed by atoms with Crippen LogP contribution in [0.5, 0.6) is 0 Å². The van der Waals surface area contributed by atoms with Crippen LogP contribution in [0.1, 0.15) is 28.1 Å². The molecule has 0 aliphatic carbocycles. The summed E-state index contributed by atoms with van der Waals surface area (Å²) in [6.45, 7) is 6.43. The highest BCUT2D eigenvalue weighted by Gasteiger charge is 2.16. The summed E-state index contributed by atoms with van der Waals surface area (Å²) < 4.78 is 2.01. The zero-order chi connectivity index (χ0) is 23.2. The molecule has 0 atom stereocenters. The molecule has 0 aliphatic heterocycles. The lowest BCUT2D eigenvalue weighted by Gasteiger charge is -2.12. The molecule has 4 aromatic rings. The molecule has 4 rings (SSSR count). The molecule has 0 unspecified atom stereocenters. The lowest BCUT2D eigenvalue weighted by molar-refractivity contribution is 0.251. The molecular weight excluding hydrogens is 430 g/mol. The van der Waals surface area contributed by atoms with Crippen LogP contribution in [0.2, 0.25) is 0 Å². The molecule has 0 radical (unpaired) electrons. The molecule has 1 aromatic heterocycles. The van der Waals surface area contributed by atoms with Crippen molar-refractivity contribution in [3.8, 4) is 5.69 Å². The highest BCUT2D eigenvalue weighted by atomic mass is 32.2. The van der Waals surface area contributed by atoms with Crippen LogP contribution in [0, 0.1) is 20.8 Å². The molecule has 6 nitrogen and oxygen atoms in total. The van der Waals surface area contributed by atoms with Crippen molar-refractivity contribution in [1.82, 2.24) is 20.1 Å². The SMILES string of the molecule is Cc1ccc(NC(=O)NCc2nnc(SCc3ccccc3C)n2-c2ccc(C)cc2)cc1. The Kier molecular flexibility index (Phi) is 7.10. The fourth-order valence-corrected chi connectivity index (χ4v) is 4.39.